The maximum atomic E-state index is 10.4. The standard InChI is InChI=1S/C19H14BrN7O/c1-9-3-5-13-11(7-9)15-17(21-13)22-19(25-23-15)26-24-16-12-8-10(20)4-6-14(12)27(2)18(16)28/h3-8,28H,1-2H3,(H,21,22,25). The van der Waals surface area contributed by atoms with Gasteiger partial charge in [0.1, 0.15) is 5.52 Å². The maximum absolute atomic E-state index is 10.4. The number of H-pyrrole nitrogens is 1. The van der Waals surface area contributed by atoms with Crippen molar-refractivity contribution in [1.29, 1.82) is 0 Å². The van der Waals surface area contributed by atoms with Crippen LogP contribution in [-0.2, 0) is 7.05 Å². The van der Waals surface area contributed by atoms with Gasteiger partial charge in [-0.05, 0) is 37.3 Å². The molecule has 3 aromatic heterocycles. The summed E-state index contributed by atoms with van der Waals surface area (Å²) in [6, 6.07) is 11.7. The summed E-state index contributed by atoms with van der Waals surface area (Å²) in [6.07, 6.45) is 0. The largest absolute Gasteiger partial charge is 0.493 e. The van der Waals surface area contributed by atoms with Crippen LogP contribution in [-0.4, -0.2) is 29.8 Å². The van der Waals surface area contributed by atoms with E-state index < -0.39 is 0 Å². The van der Waals surface area contributed by atoms with Crippen molar-refractivity contribution in [2.24, 2.45) is 17.3 Å². The van der Waals surface area contributed by atoms with Gasteiger partial charge in [-0.2, -0.15) is 4.98 Å². The molecular weight excluding hydrogens is 422 g/mol. The Kier molecular flexibility index (Phi) is 3.66. The Balaban J connectivity index is 1.61. The number of nitrogens with one attached hydrogen (secondary N) is 1. The molecule has 0 saturated carbocycles. The van der Waals surface area contributed by atoms with E-state index >= 15 is 0 Å². The second kappa shape index (κ2) is 6.10. The van der Waals surface area contributed by atoms with Crippen LogP contribution in [0.1, 0.15) is 5.56 Å². The number of hydrogen-bond donors (Lipinski definition) is 2. The van der Waals surface area contributed by atoms with Crippen molar-refractivity contribution >= 4 is 60.5 Å². The Morgan fingerprint density at radius 3 is 2.79 bits per heavy atom. The highest BCUT2D eigenvalue weighted by molar-refractivity contribution is 9.10. The number of aryl methyl sites for hydroxylation is 2. The van der Waals surface area contributed by atoms with Crippen molar-refractivity contribution in [3.05, 3.63) is 46.4 Å². The normalized spacial score (nSPS) is 12.1. The molecule has 5 aromatic rings. The maximum Gasteiger partial charge on any atom is 0.289 e. The number of halogens is 1. The molecule has 2 aromatic carbocycles. The molecule has 138 valence electrons. The Morgan fingerprint density at radius 2 is 1.93 bits per heavy atom. The number of rotatable bonds is 2. The second-order valence-corrected chi connectivity index (χ2v) is 7.49. The van der Waals surface area contributed by atoms with Crippen LogP contribution in [0.15, 0.2) is 51.1 Å². The van der Waals surface area contributed by atoms with E-state index in [1.54, 1.807) is 11.6 Å². The van der Waals surface area contributed by atoms with Gasteiger partial charge in [-0.25, -0.2) is 0 Å². The third-order valence-corrected chi connectivity index (χ3v) is 5.20. The highest BCUT2D eigenvalue weighted by Gasteiger charge is 2.15. The predicted molar refractivity (Wildman–Crippen MR) is 110 cm³/mol. The minimum atomic E-state index is 0.0203. The molecule has 0 aliphatic rings. The molecular formula is C19H14BrN7O. The zero-order chi connectivity index (χ0) is 19.4. The van der Waals surface area contributed by atoms with E-state index in [1.807, 2.05) is 43.3 Å². The average Bonchev–Trinajstić information content (AvgIpc) is 3.15. The van der Waals surface area contributed by atoms with Crippen molar-refractivity contribution in [1.82, 2.24) is 24.7 Å². The van der Waals surface area contributed by atoms with E-state index in [2.05, 4.69) is 46.3 Å². The summed E-state index contributed by atoms with van der Waals surface area (Å²) in [6.45, 7) is 2.02. The molecule has 28 heavy (non-hydrogen) atoms. The summed E-state index contributed by atoms with van der Waals surface area (Å²) in [7, 11) is 1.77. The lowest BCUT2D eigenvalue weighted by atomic mass is 10.2. The van der Waals surface area contributed by atoms with Gasteiger partial charge in [0.15, 0.2) is 11.3 Å². The quantitative estimate of drug-likeness (QED) is 0.372. The fourth-order valence-corrected chi connectivity index (χ4v) is 3.66. The van der Waals surface area contributed by atoms with Crippen LogP contribution in [0.3, 0.4) is 0 Å². The molecule has 2 N–H and O–H groups in total. The lowest BCUT2D eigenvalue weighted by Crippen LogP contribution is -1.86. The molecule has 8 nitrogen and oxygen atoms in total. The Labute approximate surface area is 167 Å². The first kappa shape index (κ1) is 16.8. The van der Waals surface area contributed by atoms with Crippen molar-refractivity contribution in [2.45, 2.75) is 6.92 Å². The van der Waals surface area contributed by atoms with Crippen LogP contribution >= 0.6 is 15.9 Å². The van der Waals surface area contributed by atoms with Crippen molar-refractivity contribution in [3.63, 3.8) is 0 Å². The van der Waals surface area contributed by atoms with Gasteiger partial charge in [0.25, 0.3) is 5.95 Å². The van der Waals surface area contributed by atoms with Gasteiger partial charge >= 0.3 is 0 Å². The van der Waals surface area contributed by atoms with Crippen molar-refractivity contribution in [3.8, 4) is 5.88 Å². The fraction of sp³-hybridized carbons (Fsp3) is 0.105. The van der Waals surface area contributed by atoms with E-state index in [0.29, 0.717) is 16.9 Å². The number of hydrogen-bond acceptors (Lipinski definition) is 6. The molecule has 0 atom stereocenters. The summed E-state index contributed by atoms with van der Waals surface area (Å²) in [4.78, 5) is 7.63. The molecule has 0 bridgehead atoms. The van der Waals surface area contributed by atoms with Gasteiger partial charge in [0.05, 0.1) is 5.52 Å². The Morgan fingerprint density at radius 1 is 1.07 bits per heavy atom. The number of aromatic amines is 1. The van der Waals surface area contributed by atoms with E-state index in [1.165, 1.54) is 0 Å². The van der Waals surface area contributed by atoms with E-state index in [4.69, 9.17) is 0 Å². The first-order valence-electron chi connectivity index (χ1n) is 8.52. The van der Waals surface area contributed by atoms with E-state index in [0.717, 1.165) is 31.8 Å². The minimum Gasteiger partial charge on any atom is -0.493 e. The fourth-order valence-electron chi connectivity index (χ4n) is 3.30. The molecule has 0 aliphatic carbocycles. The molecule has 0 fully saturated rings. The summed E-state index contributed by atoms with van der Waals surface area (Å²) >= 11 is 3.44. The van der Waals surface area contributed by atoms with Gasteiger partial charge in [-0.1, -0.05) is 27.6 Å². The first-order valence-corrected chi connectivity index (χ1v) is 9.32. The molecule has 3 heterocycles. The van der Waals surface area contributed by atoms with E-state index in [-0.39, 0.29) is 11.8 Å². The molecule has 5 rings (SSSR count). The average molecular weight is 436 g/mol. The first-order chi connectivity index (χ1) is 13.5. The topological polar surface area (TPSA) is 104 Å². The summed E-state index contributed by atoms with van der Waals surface area (Å²) in [5.41, 5.74) is 4.55. The molecule has 0 aliphatic heterocycles. The summed E-state index contributed by atoms with van der Waals surface area (Å²) < 4.78 is 2.54. The number of nitrogens with zero attached hydrogens (tertiary/aromatic N) is 6. The van der Waals surface area contributed by atoms with Crippen molar-refractivity contribution in [2.75, 3.05) is 0 Å². The van der Waals surface area contributed by atoms with Gasteiger partial charge in [-0.3, -0.25) is 0 Å². The Bertz CT molecular complexity index is 1420. The van der Waals surface area contributed by atoms with Gasteiger partial charge in [-0.15, -0.1) is 20.4 Å². The molecule has 0 radical (unpaired) electrons. The number of fused-ring (bicyclic) bond motifs is 4. The molecule has 0 spiro atoms. The molecule has 0 unspecified atom stereocenters. The van der Waals surface area contributed by atoms with Crippen molar-refractivity contribution < 1.29 is 5.11 Å². The summed E-state index contributed by atoms with van der Waals surface area (Å²) in [5.74, 6) is 0.133. The number of azo groups is 1. The summed E-state index contributed by atoms with van der Waals surface area (Å²) in [5, 5.41) is 28.8. The third-order valence-electron chi connectivity index (χ3n) is 4.70. The van der Waals surface area contributed by atoms with Crippen LogP contribution in [0.25, 0.3) is 33.0 Å². The number of benzene rings is 2. The lowest BCUT2D eigenvalue weighted by molar-refractivity contribution is 0.436. The van der Waals surface area contributed by atoms with Gasteiger partial charge in [0.2, 0.25) is 5.88 Å². The SMILES string of the molecule is Cc1ccc2[nH]c3nc(N=Nc4c(O)n(C)c5ccc(Br)cc45)nnc3c2c1. The lowest BCUT2D eigenvalue weighted by Gasteiger charge is -1.96. The van der Waals surface area contributed by atoms with Gasteiger partial charge < -0.3 is 14.7 Å². The highest BCUT2D eigenvalue weighted by atomic mass is 79.9. The third kappa shape index (κ3) is 2.55. The molecule has 0 amide bonds. The predicted octanol–water partition coefficient (Wildman–Crippen LogP) is 5.19. The van der Waals surface area contributed by atoms with Crippen LogP contribution < -0.4 is 0 Å². The zero-order valence-electron chi connectivity index (χ0n) is 15.0. The van der Waals surface area contributed by atoms with Crippen LogP contribution in [0.4, 0.5) is 11.6 Å². The molecule has 0 saturated heterocycles. The Hall–Kier alpha value is -3.33. The van der Waals surface area contributed by atoms with Gasteiger partial charge in [0, 0.05) is 27.8 Å². The van der Waals surface area contributed by atoms with Crippen LogP contribution in [0.2, 0.25) is 0 Å². The monoisotopic (exact) mass is 435 g/mol. The zero-order valence-corrected chi connectivity index (χ0v) is 16.6. The van der Waals surface area contributed by atoms with E-state index in [9.17, 15) is 5.11 Å². The van der Waals surface area contributed by atoms with Crippen LogP contribution in [0.5, 0.6) is 5.88 Å². The second-order valence-electron chi connectivity index (χ2n) is 6.58. The minimum absolute atomic E-state index is 0.0203. The highest BCUT2D eigenvalue weighted by Crippen LogP contribution is 2.39. The number of aromatic hydroxyl groups is 1. The van der Waals surface area contributed by atoms with Crippen LogP contribution in [0, 0.1) is 6.92 Å². The molecule has 9 heteroatoms. The number of aromatic nitrogens is 5. The smallest absolute Gasteiger partial charge is 0.289 e.